The van der Waals surface area contributed by atoms with Crippen molar-refractivity contribution in [3.63, 3.8) is 0 Å². The zero-order chi connectivity index (χ0) is 21.2. The van der Waals surface area contributed by atoms with Crippen molar-refractivity contribution >= 4 is 11.3 Å². The van der Waals surface area contributed by atoms with Gasteiger partial charge in [0.25, 0.3) is 0 Å². The molecule has 1 saturated heterocycles. The van der Waals surface area contributed by atoms with Crippen LogP contribution in [0.2, 0.25) is 0 Å². The van der Waals surface area contributed by atoms with Gasteiger partial charge in [-0.25, -0.2) is 4.98 Å². The van der Waals surface area contributed by atoms with Crippen molar-refractivity contribution in [2.24, 2.45) is 11.1 Å². The Bertz CT molecular complexity index is 1270. The van der Waals surface area contributed by atoms with Crippen LogP contribution in [0, 0.1) is 19.3 Å². The van der Waals surface area contributed by atoms with Gasteiger partial charge in [0.05, 0.1) is 17.3 Å². The lowest BCUT2D eigenvalue weighted by molar-refractivity contribution is 0.174. The number of fused-ring (bicyclic) bond motifs is 2. The molecule has 0 amide bonds. The maximum Gasteiger partial charge on any atom is 0.152 e. The lowest BCUT2D eigenvalue weighted by atomic mass is 9.73. The van der Waals surface area contributed by atoms with E-state index in [-0.39, 0.29) is 11.5 Å². The van der Waals surface area contributed by atoms with Crippen LogP contribution in [0.15, 0.2) is 61.1 Å². The van der Waals surface area contributed by atoms with Crippen molar-refractivity contribution in [3.05, 3.63) is 77.9 Å². The summed E-state index contributed by atoms with van der Waals surface area (Å²) >= 11 is 0. The molecule has 5 heterocycles. The summed E-state index contributed by atoms with van der Waals surface area (Å²) in [4.78, 5) is 7.26. The molecule has 1 fully saturated rings. The van der Waals surface area contributed by atoms with E-state index >= 15 is 0 Å². The highest BCUT2D eigenvalue weighted by Crippen LogP contribution is 2.48. The molecule has 0 saturated carbocycles. The number of hydrogen-bond acceptors (Lipinski definition) is 3. The minimum Gasteiger partial charge on any atom is -0.355 e. The molecule has 1 aromatic carbocycles. The fourth-order valence-corrected chi connectivity index (χ4v) is 5.76. The highest BCUT2D eigenvalue weighted by Gasteiger charge is 2.46. The predicted molar refractivity (Wildman–Crippen MR) is 125 cm³/mol. The van der Waals surface area contributed by atoms with Gasteiger partial charge in [-0.15, -0.1) is 0 Å². The number of anilines is 1. The lowest BCUT2D eigenvalue weighted by Gasteiger charge is -2.42. The first kappa shape index (κ1) is 18.7. The molecule has 0 bridgehead atoms. The Kier molecular flexibility index (Phi) is 4.06. The zero-order valence-electron chi connectivity index (χ0n) is 18.3. The fraction of sp³-hybridized carbons (Fsp3) is 0.346. The second-order valence-corrected chi connectivity index (χ2v) is 9.36. The molecule has 1 spiro atoms. The predicted octanol–water partition coefficient (Wildman–Crippen LogP) is 4.72. The van der Waals surface area contributed by atoms with Gasteiger partial charge >= 0.3 is 0 Å². The van der Waals surface area contributed by atoms with Crippen molar-refractivity contribution in [1.29, 1.82) is 0 Å². The smallest absolute Gasteiger partial charge is 0.152 e. The van der Waals surface area contributed by atoms with E-state index in [1.54, 1.807) is 0 Å². The molecular weight excluding hydrogens is 382 g/mol. The summed E-state index contributed by atoms with van der Waals surface area (Å²) in [7, 11) is 0. The summed E-state index contributed by atoms with van der Waals surface area (Å²) in [5.74, 6) is 1.08. The first-order valence-corrected chi connectivity index (χ1v) is 11.3. The van der Waals surface area contributed by atoms with Crippen LogP contribution < -0.4 is 10.6 Å². The molecule has 0 radical (unpaired) electrons. The van der Waals surface area contributed by atoms with E-state index in [4.69, 9.17) is 10.7 Å². The van der Waals surface area contributed by atoms with Gasteiger partial charge in [-0.3, -0.25) is 0 Å². The van der Waals surface area contributed by atoms with E-state index in [2.05, 4.69) is 82.6 Å². The largest absolute Gasteiger partial charge is 0.355 e. The molecule has 5 heteroatoms. The first-order valence-electron chi connectivity index (χ1n) is 11.3. The number of nitrogens with zero attached hydrogens (tertiary/aromatic N) is 4. The highest BCUT2D eigenvalue weighted by molar-refractivity contribution is 5.77. The van der Waals surface area contributed by atoms with Gasteiger partial charge in [-0.05, 0) is 62.1 Å². The van der Waals surface area contributed by atoms with E-state index in [0.29, 0.717) is 0 Å². The van der Waals surface area contributed by atoms with Crippen LogP contribution >= 0.6 is 0 Å². The molecule has 5 nitrogen and oxygen atoms in total. The van der Waals surface area contributed by atoms with Gasteiger partial charge in [-0.2, -0.15) is 0 Å². The van der Waals surface area contributed by atoms with Gasteiger partial charge in [0.1, 0.15) is 0 Å². The third-order valence-corrected chi connectivity index (χ3v) is 7.83. The van der Waals surface area contributed by atoms with Crippen molar-refractivity contribution in [2.45, 2.75) is 39.3 Å². The van der Waals surface area contributed by atoms with Crippen LogP contribution in [0.5, 0.6) is 0 Å². The van der Waals surface area contributed by atoms with Gasteiger partial charge in [0.2, 0.25) is 0 Å². The van der Waals surface area contributed by atoms with Crippen LogP contribution in [0.4, 0.5) is 5.82 Å². The summed E-state index contributed by atoms with van der Waals surface area (Å²) in [5.41, 5.74) is 14.5. The average Bonchev–Trinajstić information content (AvgIpc) is 3.47. The van der Waals surface area contributed by atoms with Crippen molar-refractivity contribution < 1.29 is 0 Å². The topological polar surface area (TPSA) is 51.5 Å². The van der Waals surface area contributed by atoms with Crippen molar-refractivity contribution in [1.82, 2.24) is 14.0 Å². The summed E-state index contributed by atoms with van der Waals surface area (Å²) in [6, 6.07) is 15.4. The second-order valence-electron chi connectivity index (χ2n) is 9.36. The molecule has 31 heavy (non-hydrogen) atoms. The van der Waals surface area contributed by atoms with E-state index < -0.39 is 0 Å². The van der Waals surface area contributed by atoms with Crippen LogP contribution in [0.1, 0.15) is 35.7 Å². The summed E-state index contributed by atoms with van der Waals surface area (Å²) in [6.07, 6.45) is 8.40. The van der Waals surface area contributed by atoms with Crippen molar-refractivity contribution in [2.75, 3.05) is 18.0 Å². The van der Waals surface area contributed by atoms with Gasteiger partial charge in [0.15, 0.2) is 5.82 Å². The minimum atomic E-state index is 0.137. The molecule has 0 unspecified atom stereocenters. The zero-order valence-corrected chi connectivity index (χ0v) is 18.3. The summed E-state index contributed by atoms with van der Waals surface area (Å²) in [5, 5.41) is 0. The Balaban J connectivity index is 1.31. The Morgan fingerprint density at radius 1 is 1.00 bits per heavy atom. The number of piperidine rings is 1. The Hall–Kier alpha value is -3.05. The quantitative estimate of drug-likeness (QED) is 0.519. The number of aryl methyl sites for hydroxylation is 1. The SMILES string of the molecule is Cc1cccc(-c2ccc3c(N4CCC5(CC4)Cn4cccc4[C@H]5N)nccn23)c1C. The molecule has 2 N–H and O–H groups in total. The molecule has 2 aliphatic rings. The molecule has 1 atom stereocenters. The number of rotatable bonds is 2. The molecule has 3 aromatic heterocycles. The number of benzene rings is 1. The molecule has 0 aliphatic carbocycles. The average molecular weight is 412 g/mol. The maximum atomic E-state index is 6.71. The molecule has 6 rings (SSSR count). The first-order chi connectivity index (χ1) is 15.1. The normalized spacial score (nSPS) is 20.0. The molecule has 2 aliphatic heterocycles. The monoisotopic (exact) mass is 411 g/mol. The summed E-state index contributed by atoms with van der Waals surface area (Å²) in [6.45, 7) is 7.42. The maximum absolute atomic E-state index is 6.71. The Morgan fingerprint density at radius 3 is 2.65 bits per heavy atom. The number of nitrogens with two attached hydrogens (primary N) is 1. The highest BCUT2D eigenvalue weighted by atomic mass is 15.2. The van der Waals surface area contributed by atoms with E-state index in [9.17, 15) is 0 Å². The minimum absolute atomic E-state index is 0.137. The van der Waals surface area contributed by atoms with E-state index in [1.807, 2.05) is 6.20 Å². The van der Waals surface area contributed by atoms with Crippen LogP contribution in [0.25, 0.3) is 16.8 Å². The Labute approximate surface area is 183 Å². The standard InChI is InChI=1S/C26H29N5/c1-18-5-3-6-20(19(18)2)21-8-9-23-25(28-12-16-31(21)23)29-14-10-26(11-15-29)17-30-13-4-7-22(30)24(26)27/h3-9,12-13,16,24H,10-11,14-15,17,27H2,1-2H3/t24-/m1/s1. The van der Waals surface area contributed by atoms with Gasteiger partial charge in [0, 0.05) is 54.9 Å². The van der Waals surface area contributed by atoms with Gasteiger partial charge in [-0.1, -0.05) is 18.2 Å². The fourth-order valence-electron chi connectivity index (χ4n) is 5.76. The second kappa shape index (κ2) is 6.72. The number of aromatic nitrogens is 3. The lowest BCUT2D eigenvalue weighted by Crippen LogP contribution is -2.45. The molecular formula is C26H29N5. The third kappa shape index (κ3) is 2.69. The number of hydrogen-bond donors (Lipinski definition) is 1. The summed E-state index contributed by atoms with van der Waals surface area (Å²) < 4.78 is 4.64. The van der Waals surface area contributed by atoms with Crippen LogP contribution in [-0.2, 0) is 6.54 Å². The van der Waals surface area contributed by atoms with Crippen LogP contribution in [0.3, 0.4) is 0 Å². The molecule has 4 aromatic rings. The third-order valence-electron chi connectivity index (χ3n) is 7.83. The molecule has 158 valence electrons. The van der Waals surface area contributed by atoms with E-state index in [0.717, 1.165) is 38.3 Å². The van der Waals surface area contributed by atoms with Crippen molar-refractivity contribution in [3.8, 4) is 11.3 Å². The van der Waals surface area contributed by atoms with Gasteiger partial charge < -0.3 is 19.6 Å². The Morgan fingerprint density at radius 2 is 1.84 bits per heavy atom. The van der Waals surface area contributed by atoms with Crippen LogP contribution in [-0.4, -0.2) is 27.0 Å². The van der Waals surface area contributed by atoms with E-state index in [1.165, 1.54) is 33.6 Å².